The van der Waals surface area contributed by atoms with E-state index in [2.05, 4.69) is 14.8 Å². The number of hydrogen-bond acceptors (Lipinski definition) is 5. The molecule has 0 aliphatic carbocycles. The van der Waals surface area contributed by atoms with Crippen LogP contribution in [-0.2, 0) is 16.6 Å². The van der Waals surface area contributed by atoms with Crippen LogP contribution in [0, 0.1) is 0 Å². The van der Waals surface area contributed by atoms with Crippen molar-refractivity contribution in [3.63, 3.8) is 0 Å². The van der Waals surface area contributed by atoms with E-state index in [1.165, 1.54) is 23.1 Å². The molecule has 0 fully saturated rings. The van der Waals surface area contributed by atoms with Crippen molar-refractivity contribution in [3.8, 4) is 0 Å². The Morgan fingerprint density at radius 1 is 1.17 bits per heavy atom. The molecule has 2 aromatic heterocycles. The zero-order chi connectivity index (χ0) is 17.3. The predicted molar refractivity (Wildman–Crippen MR) is 95.7 cm³/mol. The highest BCUT2D eigenvalue weighted by molar-refractivity contribution is 7.94. The fourth-order valence-electron chi connectivity index (χ4n) is 1.85. The van der Waals surface area contributed by atoms with Gasteiger partial charge in [-0.3, -0.25) is 0 Å². The van der Waals surface area contributed by atoms with Gasteiger partial charge >= 0.3 is 0 Å². The highest BCUT2D eigenvalue weighted by Gasteiger charge is 2.18. The quantitative estimate of drug-likeness (QED) is 0.669. The summed E-state index contributed by atoms with van der Waals surface area (Å²) in [6.45, 7) is 0.329. The van der Waals surface area contributed by atoms with E-state index in [1.807, 2.05) is 0 Å². The maximum absolute atomic E-state index is 12.2. The maximum atomic E-state index is 12.2. The lowest BCUT2D eigenvalue weighted by Gasteiger charge is -2.04. The van der Waals surface area contributed by atoms with Gasteiger partial charge in [0.1, 0.15) is 10.5 Å². The van der Waals surface area contributed by atoms with E-state index in [-0.39, 0.29) is 10.2 Å². The zero-order valence-electron chi connectivity index (χ0n) is 11.8. The van der Waals surface area contributed by atoms with Gasteiger partial charge in [0.15, 0.2) is 0 Å². The summed E-state index contributed by atoms with van der Waals surface area (Å²) in [5.74, 6) is -0.0374. The summed E-state index contributed by atoms with van der Waals surface area (Å²) in [5.41, 5.74) is 0.783. The summed E-state index contributed by atoms with van der Waals surface area (Å²) in [4.78, 5) is 3.94. The Kier molecular flexibility index (Phi) is 5.03. The molecule has 24 heavy (non-hydrogen) atoms. The third-order valence-electron chi connectivity index (χ3n) is 2.92. The van der Waals surface area contributed by atoms with Crippen molar-refractivity contribution in [2.75, 3.05) is 4.72 Å². The van der Waals surface area contributed by atoms with Crippen molar-refractivity contribution in [3.05, 3.63) is 56.6 Å². The molecule has 11 heteroatoms. The van der Waals surface area contributed by atoms with E-state index in [0.717, 1.165) is 16.9 Å². The Morgan fingerprint density at radius 3 is 2.62 bits per heavy atom. The van der Waals surface area contributed by atoms with Crippen molar-refractivity contribution < 1.29 is 8.42 Å². The number of nitrogens with zero attached hydrogens (tertiary/aromatic N) is 3. The summed E-state index contributed by atoms with van der Waals surface area (Å²) in [5, 5.41) is 5.11. The predicted octanol–water partition coefficient (Wildman–Crippen LogP) is 4.15. The van der Waals surface area contributed by atoms with Gasteiger partial charge in [-0.1, -0.05) is 40.9 Å². The van der Waals surface area contributed by atoms with Crippen LogP contribution in [0.15, 0.2) is 40.9 Å². The Hall–Kier alpha value is -1.32. The molecule has 0 amide bonds. The summed E-state index contributed by atoms with van der Waals surface area (Å²) < 4.78 is 28.6. The molecule has 0 aliphatic heterocycles. The molecular formula is C13H9Cl3N4O2S2. The van der Waals surface area contributed by atoms with Crippen molar-refractivity contribution in [2.45, 2.75) is 10.8 Å². The topological polar surface area (TPSA) is 76.9 Å². The van der Waals surface area contributed by atoms with E-state index in [1.54, 1.807) is 18.2 Å². The standard InChI is InChI=1S/C13H9Cl3N4O2S2/c14-9-2-1-8(10(15)5-9)6-20-7-17-13(18-20)19-24(21,22)12-4-3-11(16)23-12/h1-5,7H,6H2,(H,18,19). The molecule has 1 aromatic carbocycles. The number of aromatic nitrogens is 3. The third-order valence-corrected chi connectivity index (χ3v) is 6.56. The number of halogens is 3. The Morgan fingerprint density at radius 2 is 1.96 bits per heavy atom. The van der Waals surface area contributed by atoms with Gasteiger partial charge in [-0.15, -0.1) is 16.4 Å². The van der Waals surface area contributed by atoms with Gasteiger partial charge in [-0.2, -0.15) is 4.98 Å². The van der Waals surface area contributed by atoms with Gasteiger partial charge in [0.05, 0.1) is 10.9 Å². The minimum absolute atomic E-state index is 0.0374. The Bertz CT molecular complexity index is 985. The molecule has 3 aromatic rings. The lowest BCUT2D eigenvalue weighted by Crippen LogP contribution is -2.13. The highest BCUT2D eigenvalue weighted by atomic mass is 35.5. The summed E-state index contributed by atoms with van der Waals surface area (Å²) in [7, 11) is -3.76. The van der Waals surface area contributed by atoms with E-state index in [4.69, 9.17) is 34.8 Å². The molecule has 0 unspecified atom stereocenters. The number of sulfonamides is 1. The zero-order valence-corrected chi connectivity index (χ0v) is 15.7. The molecular weight excluding hydrogens is 415 g/mol. The largest absolute Gasteiger partial charge is 0.273 e. The molecule has 6 nitrogen and oxygen atoms in total. The van der Waals surface area contributed by atoms with Gasteiger partial charge in [-0.25, -0.2) is 17.8 Å². The maximum Gasteiger partial charge on any atom is 0.273 e. The van der Waals surface area contributed by atoms with Crippen molar-refractivity contribution in [1.29, 1.82) is 0 Å². The second-order valence-electron chi connectivity index (χ2n) is 4.67. The van der Waals surface area contributed by atoms with E-state index in [0.29, 0.717) is 20.9 Å². The molecule has 0 atom stereocenters. The molecule has 0 saturated carbocycles. The van der Waals surface area contributed by atoms with E-state index >= 15 is 0 Å². The number of hydrogen-bond donors (Lipinski definition) is 1. The number of anilines is 1. The van der Waals surface area contributed by atoms with Crippen LogP contribution in [-0.4, -0.2) is 23.2 Å². The first-order valence-electron chi connectivity index (χ1n) is 6.45. The van der Waals surface area contributed by atoms with Crippen LogP contribution < -0.4 is 4.72 Å². The first-order valence-corrected chi connectivity index (χ1v) is 9.88. The molecule has 0 saturated heterocycles. The monoisotopic (exact) mass is 422 g/mol. The minimum atomic E-state index is -3.76. The van der Waals surface area contributed by atoms with Crippen molar-refractivity contribution in [2.24, 2.45) is 0 Å². The molecule has 0 radical (unpaired) electrons. The molecule has 3 rings (SSSR count). The van der Waals surface area contributed by atoms with Gasteiger partial charge < -0.3 is 0 Å². The highest BCUT2D eigenvalue weighted by Crippen LogP contribution is 2.26. The molecule has 0 spiro atoms. The van der Waals surface area contributed by atoms with Crippen LogP contribution in [0.1, 0.15) is 5.56 Å². The van der Waals surface area contributed by atoms with Crippen LogP contribution >= 0.6 is 46.1 Å². The molecule has 126 valence electrons. The number of rotatable bonds is 5. The molecule has 1 N–H and O–H groups in total. The first kappa shape index (κ1) is 17.5. The van der Waals surface area contributed by atoms with Gasteiger partial charge in [0, 0.05) is 10.0 Å². The molecule has 0 bridgehead atoms. The smallest absolute Gasteiger partial charge is 0.246 e. The fourth-order valence-corrected chi connectivity index (χ4v) is 4.75. The Labute approximate surface area is 157 Å². The second-order valence-corrected chi connectivity index (χ2v) is 9.13. The van der Waals surface area contributed by atoms with E-state index in [9.17, 15) is 8.42 Å². The lowest BCUT2D eigenvalue weighted by molar-refractivity contribution is 0.602. The number of nitrogens with one attached hydrogen (secondary N) is 1. The summed E-state index contributed by atoms with van der Waals surface area (Å²) >= 11 is 18.7. The lowest BCUT2D eigenvalue weighted by atomic mass is 10.2. The first-order chi connectivity index (χ1) is 11.3. The Balaban J connectivity index is 1.76. The SMILES string of the molecule is O=S(=O)(Nc1ncn(Cc2ccc(Cl)cc2Cl)n1)c1ccc(Cl)s1. The average Bonchev–Trinajstić information content (AvgIpc) is 3.11. The summed E-state index contributed by atoms with van der Waals surface area (Å²) in [6.07, 6.45) is 1.41. The van der Waals surface area contributed by atoms with Gasteiger partial charge in [-0.05, 0) is 29.8 Å². The van der Waals surface area contributed by atoms with Crippen LogP contribution in [0.3, 0.4) is 0 Å². The molecule has 2 heterocycles. The van der Waals surface area contributed by atoms with Crippen LogP contribution in [0.5, 0.6) is 0 Å². The summed E-state index contributed by atoms with van der Waals surface area (Å²) in [6, 6.07) is 8.03. The number of thiophene rings is 1. The van der Waals surface area contributed by atoms with Crippen LogP contribution in [0.2, 0.25) is 14.4 Å². The second kappa shape index (κ2) is 6.89. The average molecular weight is 424 g/mol. The van der Waals surface area contributed by atoms with E-state index < -0.39 is 10.0 Å². The van der Waals surface area contributed by atoms with Crippen molar-refractivity contribution >= 4 is 62.1 Å². The van der Waals surface area contributed by atoms with Crippen LogP contribution in [0.25, 0.3) is 0 Å². The minimum Gasteiger partial charge on any atom is -0.246 e. The van der Waals surface area contributed by atoms with Crippen LogP contribution in [0.4, 0.5) is 5.95 Å². The molecule has 0 aliphatic rings. The normalized spacial score (nSPS) is 11.6. The van der Waals surface area contributed by atoms with Crippen molar-refractivity contribution in [1.82, 2.24) is 14.8 Å². The fraction of sp³-hybridized carbons (Fsp3) is 0.0769. The number of benzene rings is 1. The third kappa shape index (κ3) is 4.01. The van der Waals surface area contributed by atoms with Gasteiger partial charge in [0.25, 0.3) is 16.0 Å². The van der Waals surface area contributed by atoms with Gasteiger partial charge in [0.2, 0.25) is 0 Å².